The van der Waals surface area contributed by atoms with Crippen LogP contribution in [-0.4, -0.2) is 47.1 Å². The van der Waals surface area contributed by atoms with Gasteiger partial charge in [0, 0.05) is 18.7 Å². The first-order valence-electron chi connectivity index (χ1n) is 9.84. The molecular formula is C21H27N3O5. The summed E-state index contributed by atoms with van der Waals surface area (Å²) < 4.78 is 18.2. The summed E-state index contributed by atoms with van der Waals surface area (Å²) in [5.74, 6) is 0.221. The molecule has 2 heterocycles. The Kier molecular flexibility index (Phi) is 6.87. The lowest BCUT2D eigenvalue weighted by molar-refractivity contribution is -0.123. The van der Waals surface area contributed by atoms with Crippen molar-refractivity contribution in [3.05, 3.63) is 42.1 Å². The van der Waals surface area contributed by atoms with Crippen molar-refractivity contribution < 1.29 is 23.8 Å². The lowest BCUT2D eigenvalue weighted by Crippen LogP contribution is -2.31. The molecule has 0 spiro atoms. The molecular weight excluding hydrogens is 374 g/mol. The van der Waals surface area contributed by atoms with E-state index < -0.39 is 18.0 Å². The van der Waals surface area contributed by atoms with Crippen molar-refractivity contribution in [1.29, 1.82) is 0 Å². The summed E-state index contributed by atoms with van der Waals surface area (Å²) in [5, 5.41) is 6.89. The Hall–Kier alpha value is -2.87. The molecule has 1 aromatic heterocycles. The number of hydrogen-bond acceptors (Lipinski definition) is 6. The van der Waals surface area contributed by atoms with Crippen LogP contribution in [0.2, 0.25) is 0 Å². The van der Waals surface area contributed by atoms with Crippen LogP contribution in [0.4, 0.5) is 5.82 Å². The Morgan fingerprint density at radius 3 is 2.66 bits per heavy atom. The minimum Gasteiger partial charge on any atom is -0.491 e. The number of nitrogens with zero attached hydrogens (tertiary/aromatic N) is 2. The zero-order chi connectivity index (χ0) is 20.8. The summed E-state index contributed by atoms with van der Waals surface area (Å²) in [6.07, 6.45) is 2.85. The molecule has 0 unspecified atom stereocenters. The number of ether oxygens (including phenoxy) is 3. The van der Waals surface area contributed by atoms with Gasteiger partial charge in [-0.3, -0.25) is 4.79 Å². The van der Waals surface area contributed by atoms with E-state index in [-0.39, 0.29) is 12.1 Å². The van der Waals surface area contributed by atoms with Crippen LogP contribution in [0.3, 0.4) is 0 Å². The van der Waals surface area contributed by atoms with E-state index in [0.29, 0.717) is 23.7 Å². The van der Waals surface area contributed by atoms with Crippen LogP contribution in [0.1, 0.15) is 50.0 Å². The van der Waals surface area contributed by atoms with E-state index >= 15 is 0 Å². The average molecular weight is 401 g/mol. The number of carbonyl (C=O) groups is 2. The molecule has 1 aromatic carbocycles. The van der Waals surface area contributed by atoms with Gasteiger partial charge in [-0.2, -0.15) is 5.10 Å². The maximum Gasteiger partial charge on any atom is 0.338 e. The number of anilines is 1. The smallest absolute Gasteiger partial charge is 0.338 e. The van der Waals surface area contributed by atoms with Crippen molar-refractivity contribution >= 4 is 17.7 Å². The number of amides is 1. The van der Waals surface area contributed by atoms with Crippen molar-refractivity contribution in [2.24, 2.45) is 0 Å². The Bertz CT molecular complexity index is 825. The van der Waals surface area contributed by atoms with E-state index in [2.05, 4.69) is 10.4 Å². The monoisotopic (exact) mass is 401 g/mol. The maximum atomic E-state index is 12.4. The molecule has 1 aliphatic heterocycles. The van der Waals surface area contributed by atoms with Crippen molar-refractivity contribution in [3.63, 3.8) is 0 Å². The van der Waals surface area contributed by atoms with E-state index in [4.69, 9.17) is 14.2 Å². The number of aromatic nitrogens is 2. The number of carbonyl (C=O) groups excluding carboxylic acids is 2. The lowest BCUT2D eigenvalue weighted by atomic mass is 10.2. The van der Waals surface area contributed by atoms with Gasteiger partial charge in [-0.15, -0.1) is 0 Å². The van der Waals surface area contributed by atoms with Gasteiger partial charge in [-0.1, -0.05) is 0 Å². The highest BCUT2D eigenvalue weighted by Crippen LogP contribution is 2.18. The predicted octanol–water partition coefficient (Wildman–Crippen LogP) is 3.21. The van der Waals surface area contributed by atoms with Gasteiger partial charge in [0.15, 0.2) is 6.10 Å². The van der Waals surface area contributed by atoms with E-state index in [0.717, 1.165) is 19.4 Å². The van der Waals surface area contributed by atoms with Crippen LogP contribution in [-0.2, 0) is 14.3 Å². The van der Waals surface area contributed by atoms with Crippen LogP contribution >= 0.6 is 0 Å². The van der Waals surface area contributed by atoms with Gasteiger partial charge in [0.1, 0.15) is 18.2 Å². The first-order valence-corrected chi connectivity index (χ1v) is 9.84. The van der Waals surface area contributed by atoms with Crippen molar-refractivity contribution in [2.75, 3.05) is 18.5 Å². The summed E-state index contributed by atoms with van der Waals surface area (Å²) in [7, 11) is 0. The van der Waals surface area contributed by atoms with Gasteiger partial charge < -0.3 is 19.5 Å². The minimum atomic E-state index is -0.951. The summed E-state index contributed by atoms with van der Waals surface area (Å²) in [5.41, 5.74) is 0.348. The Balaban J connectivity index is 1.50. The second kappa shape index (κ2) is 9.56. The van der Waals surface area contributed by atoms with Gasteiger partial charge in [-0.05, 0) is 57.9 Å². The van der Waals surface area contributed by atoms with Gasteiger partial charge in [0.2, 0.25) is 0 Å². The van der Waals surface area contributed by atoms with Gasteiger partial charge in [-0.25, -0.2) is 9.48 Å². The molecule has 2 atom stereocenters. The average Bonchev–Trinajstić information content (AvgIpc) is 3.38. The zero-order valence-electron chi connectivity index (χ0n) is 17.0. The third-order valence-electron chi connectivity index (χ3n) is 4.61. The van der Waals surface area contributed by atoms with E-state index in [1.54, 1.807) is 41.2 Å². The largest absolute Gasteiger partial charge is 0.491 e. The summed E-state index contributed by atoms with van der Waals surface area (Å²) in [6, 6.07) is 8.44. The standard InChI is InChI=1S/C21H27N3O5/c1-14(2)24-19(10-11-22-24)23-20(25)15(3)29-21(26)16-6-8-17(9-7-16)28-13-18-5-4-12-27-18/h6-11,14-15,18H,4-5,12-13H2,1-3H3,(H,23,25)/t15-,18-/m1/s1. The zero-order valence-corrected chi connectivity index (χ0v) is 17.0. The molecule has 0 aliphatic carbocycles. The number of nitrogens with one attached hydrogen (secondary N) is 1. The Labute approximate surface area is 170 Å². The summed E-state index contributed by atoms with van der Waals surface area (Å²) >= 11 is 0. The molecule has 2 aromatic rings. The normalized spacial score (nSPS) is 17.2. The highest BCUT2D eigenvalue weighted by molar-refractivity contribution is 5.96. The molecule has 1 fully saturated rings. The SMILES string of the molecule is CC(C)n1nccc1NC(=O)[C@@H](C)OC(=O)c1ccc(OC[C@H]2CCCO2)cc1. The first-order chi connectivity index (χ1) is 13.9. The fraction of sp³-hybridized carbons (Fsp3) is 0.476. The molecule has 8 nitrogen and oxygen atoms in total. The van der Waals surface area contributed by atoms with E-state index in [1.807, 2.05) is 13.8 Å². The summed E-state index contributed by atoms with van der Waals surface area (Å²) in [6.45, 7) is 6.72. The van der Waals surface area contributed by atoms with Gasteiger partial charge in [0.25, 0.3) is 5.91 Å². The van der Waals surface area contributed by atoms with Crippen molar-refractivity contribution in [1.82, 2.24) is 9.78 Å². The van der Waals surface area contributed by atoms with Crippen LogP contribution in [0, 0.1) is 0 Å². The molecule has 0 radical (unpaired) electrons. The molecule has 1 saturated heterocycles. The third-order valence-corrected chi connectivity index (χ3v) is 4.61. The van der Waals surface area contributed by atoms with Crippen LogP contribution in [0.25, 0.3) is 0 Å². The third kappa shape index (κ3) is 5.57. The molecule has 8 heteroatoms. The fourth-order valence-electron chi connectivity index (χ4n) is 2.99. The molecule has 29 heavy (non-hydrogen) atoms. The van der Waals surface area contributed by atoms with Crippen molar-refractivity contribution in [2.45, 2.75) is 51.9 Å². The predicted molar refractivity (Wildman–Crippen MR) is 107 cm³/mol. The van der Waals surface area contributed by atoms with Crippen molar-refractivity contribution in [3.8, 4) is 5.75 Å². The highest BCUT2D eigenvalue weighted by atomic mass is 16.5. The van der Waals surface area contributed by atoms with E-state index in [9.17, 15) is 9.59 Å². The highest BCUT2D eigenvalue weighted by Gasteiger charge is 2.21. The lowest BCUT2D eigenvalue weighted by Gasteiger charge is -2.16. The molecule has 1 aliphatic rings. The number of benzene rings is 1. The first kappa shape index (κ1) is 20.9. The topological polar surface area (TPSA) is 91.7 Å². The molecule has 3 rings (SSSR count). The number of rotatable bonds is 8. The van der Waals surface area contributed by atoms with Crippen LogP contribution < -0.4 is 10.1 Å². The summed E-state index contributed by atoms with van der Waals surface area (Å²) in [4.78, 5) is 24.7. The molecule has 156 valence electrons. The quantitative estimate of drug-likeness (QED) is 0.683. The Morgan fingerprint density at radius 1 is 1.24 bits per heavy atom. The fourth-order valence-corrected chi connectivity index (χ4v) is 2.99. The molecule has 1 N–H and O–H groups in total. The molecule has 0 bridgehead atoms. The van der Waals surface area contributed by atoms with Gasteiger partial charge in [0.05, 0.1) is 17.9 Å². The molecule has 0 saturated carbocycles. The number of esters is 1. The maximum absolute atomic E-state index is 12.4. The van der Waals surface area contributed by atoms with Gasteiger partial charge >= 0.3 is 5.97 Å². The second-order valence-electron chi connectivity index (χ2n) is 7.26. The van der Waals surface area contributed by atoms with E-state index in [1.165, 1.54) is 6.92 Å². The van der Waals surface area contributed by atoms with Crippen LogP contribution in [0.5, 0.6) is 5.75 Å². The molecule has 1 amide bonds. The second-order valence-corrected chi connectivity index (χ2v) is 7.26. The Morgan fingerprint density at radius 2 is 2.00 bits per heavy atom. The van der Waals surface area contributed by atoms with Crippen LogP contribution in [0.15, 0.2) is 36.5 Å². The number of hydrogen-bond donors (Lipinski definition) is 1. The minimum absolute atomic E-state index is 0.0964.